The maximum absolute atomic E-state index is 13.2. The van der Waals surface area contributed by atoms with Gasteiger partial charge in [-0.2, -0.15) is 4.31 Å². The minimum atomic E-state index is -3.75. The summed E-state index contributed by atoms with van der Waals surface area (Å²) in [7, 11) is -1.12. The fourth-order valence-corrected chi connectivity index (χ4v) is 5.26. The van der Waals surface area contributed by atoms with Crippen molar-refractivity contribution in [1.29, 1.82) is 0 Å². The summed E-state index contributed by atoms with van der Waals surface area (Å²) in [5.41, 5.74) is 0.442. The molecule has 32 heavy (non-hydrogen) atoms. The minimum absolute atomic E-state index is 0.0247. The van der Waals surface area contributed by atoms with E-state index < -0.39 is 21.9 Å². The molecule has 1 amide bonds. The van der Waals surface area contributed by atoms with Gasteiger partial charge in [0.25, 0.3) is 5.91 Å². The van der Waals surface area contributed by atoms with Crippen molar-refractivity contribution < 1.29 is 27.5 Å². The van der Waals surface area contributed by atoms with Gasteiger partial charge in [0.05, 0.1) is 35.3 Å². The molecule has 0 aliphatic carbocycles. The standard InChI is InChI=1S/C22H25ClN2O6S/c1-30-20-10-8-16(32(28,29)25-11-5-3-4-6-12-25)14-18(20)21(26)24-15-7-9-19(23)17(13-15)22(27)31-2/h7-10,13-14H,3-6,11-12H2,1-2H3,(H,24,26). The first kappa shape index (κ1) is 24.0. The lowest BCUT2D eigenvalue weighted by molar-refractivity contribution is 0.0600. The van der Waals surface area contributed by atoms with Gasteiger partial charge in [0.1, 0.15) is 5.75 Å². The first-order chi connectivity index (χ1) is 15.3. The molecular formula is C22H25ClN2O6S. The van der Waals surface area contributed by atoms with Crippen molar-refractivity contribution in [3.05, 3.63) is 52.5 Å². The maximum atomic E-state index is 13.2. The maximum Gasteiger partial charge on any atom is 0.339 e. The second kappa shape index (κ2) is 10.3. The molecule has 2 aromatic rings. The van der Waals surface area contributed by atoms with E-state index in [1.165, 1.54) is 54.9 Å². The van der Waals surface area contributed by atoms with Gasteiger partial charge < -0.3 is 14.8 Å². The second-order valence-electron chi connectivity index (χ2n) is 7.32. The first-order valence-corrected chi connectivity index (χ1v) is 12.0. The third-order valence-corrected chi connectivity index (χ3v) is 7.47. The van der Waals surface area contributed by atoms with Crippen LogP contribution in [0, 0.1) is 0 Å². The zero-order valence-electron chi connectivity index (χ0n) is 17.9. The van der Waals surface area contributed by atoms with E-state index in [1.54, 1.807) is 0 Å². The molecular weight excluding hydrogens is 456 g/mol. The van der Waals surface area contributed by atoms with Crippen LogP contribution in [-0.4, -0.2) is 51.9 Å². The van der Waals surface area contributed by atoms with Crippen molar-refractivity contribution in [2.45, 2.75) is 30.6 Å². The number of amides is 1. The molecule has 1 heterocycles. The monoisotopic (exact) mass is 480 g/mol. The SMILES string of the molecule is COC(=O)c1cc(NC(=O)c2cc(S(=O)(=O)N3CCCCCC3)ccc2OC)ccc1Cl. The fourth-order valence-electron chi connectivity index (χ4n) is 3.52. The molecule has 1 aliphatic heterocycles. The summed E-state index contributed by atoms with van der Waals surface area (Å²) >= 11 is 6.02. The van der Waals surface area contributed by atoms with Crippen LogP contribution in [0.15, 0.2) is 41.3 Å². The molecule has 3 rings (SSSR count). The first-order valence-electron chi connectivity index (χ1n) is 10.2. The fraction of sp³-hybridized carbons (Fsp3) is 0.364. The smallest absolute Gasteiger partial charge is 0.339 e. The molecule has 0 aromatic heterocycles. The van der Waals surface area contributed by atoms with E-state index in [-0.39, 0.29) is 26.8 Å². The zero-order valence-corrected chi connectivity index (χ0v) is 19.5. The highest BCUT2D eigenvalue weighted by atomic mass is 35.5. The Morgan fingerprint density at radius 3 is 2.28 bits per heavy atom. The molecule has 0 saturated carbocycles. The van der Waals surface area contributed by atoms with Crippen LogP contribution in [0.3, 0.4) is 0 Å². The summed E-state index contributed by atoms with van der Waals surface area (Å²) in [5, 5.41) is 2.83. The van der Waals surface area contributed by atoms with E-state index in [1.807, 2.05) is 0 Å². The highest BCUT2D eigenvalue weighted by Gasteiger charge is 2.27. The number of esters is 1. The number of anilines is 1. The lowest BCUT2D eigenvalue weighted by Gasteiger charge is -2.20. The van der Waals surface area contributed by atoms with E-state index in [4.69, 9.17) is 21.1 Å². The predicted molar refractivity (Wildman–Crippen MR) is 121 cm³/mol. The summed E-state index contributed by atoms with van der Waals surface area (Å²) in [6, 6.07) is 8.58. The molecule has 2 aromatic carbocycles. The van der Waals surface area contributed by atoms with Crippen molar-refractivity contribution >= 4 is 39.2 Å². The second-order valence-corrected chi connectivity index (χ2v) is 9.67. The van der Waals surface area contributed by atoms with Gasteiger partial charge in [-0.1, -0.05) is 24.4 Å². The van der Waals surface area contributed by atoms with Gasteiger partial charge in [-0.15, -0.1) is 0 Å². The number of benzene rings is 2. The topological polar surface area (TPSA) is 102 Å². The third-order valence-electron chi connectivity index (χ3n) is 5.25. The molecule has 0 bridgehead atoms. The highest BCUT2D eigenvalue weighted by Crippen LogP contribution is 2.28. The number of ether oxygens (including phenoxy) is 2. The van der Waals surface area contributed by atoms with Gasteiger partial charge >= 0.3 is 5.97 Å². The Morgan fingerprint density at radius 1 is 0.969 bits per heavy atom. The number of nitrogens with zero attached hydrogens (tertiary/aromatic N) is 1. The highest BCUT2D eigenvalue weighted by molar-refractivity contribution is 7.89. The Kier molecular flexibility index (Phi) is 7.76. The van der Waals surface area contributed by atoms with Crippen LogP contribution in [0.5, 0.6) is 5.75 Å². The van der Waals surface area contributed by atoms with Crippen molar-refractivity contribution in [2.24, 2.45) is 0 Å². The number of rotatable bonds is 6. The zero-order chi connectivity index (χ0) is 23.3. The summed E-state index contributed by atoms with van der Waals surface area (Å²) in [6.07, 6.45) is 3.61. The van der Waals surface area contributed by atoms with Crippen LogP contribution in [-0.2, 0) is 14.8 Å². The van der Waals surface area contributed by atoms with Gasteiger partial charge in [0.15, 0.2) is 0 Å². The molecule has 8 nitrogen and oxygen atoms in total. The Balaban J connectivity index is 1.92. The van der Waals surface area contributed by atoms with Gasteiger partial charge in [-0.3, -0.25) is 4.79 Å². The summed E-state index contributed by atoms with van der Waals surface area (Å²) in [4.78, 5) is 24.9. The molecule has 0 unspecified atom stereocenters. The van der Waals surface area contributed by atoms with Crippen LogP contribution in [0.25, 0.3) is 0 Å². The molecule has 172 valence electrons. The molecule has 1 aliphatic rings. The molecule has 1 saturated heterocycles. The van der Waals surface area contributed by atoms with E-state index in [0.717, 1.165) is 25.7 Å². The molecule has 1 fully saturated rings. The van der Waals surface area contributed by atoms with Gasteiger partial charge in [-0.25, -0.2) is 13.2 Å². The van der Waals surface area contributed by atoms with Crippen molar-refractivity contribution in [3.63, 3.8) is 0 Å². The minimum Gasteiger partial charge on any atom is -0.496 e. The summed E-state index contributed by atoms with van der Waals surface area (Å²) in [6.45, 7) is 0.911. The van der Waals surface area contributed by atoms with E-state index >= 15 is 0 Å². The quantitative estimate of drug-likeness (QED) is 0.628. The predicted octanol–water partition coefficient (Wildman–Crippen LogP) is 3.95. The van der Waals surface area contributed by atoms with E-state index in [0.29, 0.717) is 18.8 Å². The largest absolute Gasteiger partial charge is 0.496 e. The number of sulfonamides is 1. The van der Waals surface area contributed by atoms with Gasteiger partial charge in [-0.05, 0) is 49.2 Å². The Bertz CT molecular complexity index is 1110. The van der Waals surface area contributed by atoms with E-state index in [9.17, 15) is 18.0 Å². The molecule has 0 spiro atoms. The lowest BCUT2D eigenvalue weighted by atomic mass is 10.1. The van der Waals surface area contributed by atoms with Crippen LogP contribution < -0.4 is 10.1 Å². The van der Waals surface area contributed by atoms with Crippen LogP contribution >= 0.6 is 11.6 Å². The Hall–Kier alpha value is -2.62. The van der Waals surface area contributed by atoms with Crippen LogP contribution in [0.2, 0.25) is 5.02 Å². The number of hydrogen-bond donors (Lipinski definition) is 1. The van der Waals surface area contributed by atoms with E-state index in [2.05, 4.69) is 5.32 Å². The molecule has 0 atom stereocenters. The normalized spacial score (nSPS) is 15.0. The number of halogens is 1. The van der Waals surface area contributed by atoms with Crippen LogP contribution in [0.1, 0.15) is 46.4 Å². The Labute approximate surface area is 192 Å². The van der Waals surface area contributed by atoms with Gasteiger partial charge in [0, 0.05) is 18.8 Å². The summed E-state index contributed by atoms with van der Waals surface area (Å²) < 4.78 is 37.7. The number of carbonyl (C=O) groups is 2. The van der Waals surface area contributed by atoms with Gasteiger partial charge in [0.2, 0.25) is 10.0 Å². The van der Waals surface area contributed by atoms with Crippen molar-refractivity contribution in [1.82, 2.24) is 4.31 Å². The lowest BCUT2D eigenvalue weighted by Crippen LogP contribution is -2.32. The average Bonchev–Trinajstić information content (AvgIpc) is 3.09. The summed E-state index contributed by atoms with van der Waals surface area (Å²) in [5.74, 6) is -1.01. The third kappa shape index (κ3) is 5.23. The number of methoxy groups -OCH3 is 2. The van der Waals surface area contributed by atoms with Crippen molar-refractivity contribution in [2.75, 3.05) is 32.6 Å². The van der Waals surface area contributed by atoms with Crippen molar-refractivity contribution in [3.8, 4) is 5.75 Å². The number of carbonyl (C=O) groups excluding carboxylic acids is 2. The van der Waals surface area contributed by atoms with Crippen LogP contribution in [0.4, 0.5) is 5.69 Å². The number of hydrogen-bond acceptors (Lipinski definition) is 6. The molecule has 1 N–H and O–H groups in total. The molecule has 10 heteroatoms. The molecule has 0 radical (unpaired) electrons. The Morgan fingerprint density at radius 2 is 1.66 bits per heavy atom. The average molecular weight is 481 g/mol. The number of nitrogens with one attached hydrogen (secondary N) is 1.